The average Bonchev–Trinajstić information content (AvgIpc) is 2.98. The minimum Gasteiger partial charge on any atom is -0.476 e. The van der Waals surface area contributed by atoms with Crippen LogP contribution in [0.25, 0.3) is 0 Å². The van der Waals surface area contributed by atoms with Gasteiger partial charge in [0, 0.05) is 12.5 Å². The monoisotopic (exact) mass is 295 g/mol. The molecule has 0 saturated carbocycles. The number of aromatic nitrogens is 5. The Morgan fingerprint density at radius 3 is 2.67 bits per heavy atom. The molecule has 0 amide bonds. The number of hydrogen-bond acceptors (Lipinski definition) is 7. The fourth-order valence-electron chi connectivity index (χ4n) is 1.66. The fraction of sp³-hybridized carbons (Fsp3) is 0.583. The molecule has 9 heteroatoms. The van der Waals surface area contributed by atoms with Crippen LogP contribution in [0.1, 0.15) is 48.7 Å². The molecule has 1 N–H and O–H groups in total. The number of rotatable bonds is 5. The van der Waals surface area contributed by atoms with E-state index in [0.29, 0.717) is 17.4 Å². The van der Waals surface area contributed by atoms with Crippen molar-refractivity contribution in [2.24, 2.45) is 0 Å². The molecule has 0 unspecified atom stereocenters. The van der Waals surface area contributed by atoms with Crippen LogP contribution in [0.15, 0.2) is 4.52 Å². The highest BCUT2D eigenvalue weighted by molar-refractivity contribution is 5.86. The minimum atomic E-state index is -1.16. The summed E-state index contributed by atoms with van der Waals surface area (Å²) < 4.78 is 11.5. The van der Waals surface area contributed by atoms with E-state index in [-0.39, 0.29) is 24.3 Å². The minimum absolute atomic E-state index is 0.0783. The van der Waals surface area contributed by atoms with Gasteiger partial charge in [-0.3, -0.25) is 0 Å². The standard InChI is InChI=1S/C12H17N5O4/c1-12(2,3)11-13-8(21-15-11)5-17-7(6-20-4)9(10(18)19)14-16-17/h5-6H2,1-4H3,(H,18,19). The van der Waals surface area contributed by atoms with E-state index in [1.165, 1.54) is 11.8 Å². The van der Waals surface area contributed by atoms with Gasteiger partial charge in [-0.2, -0.15) is 4.98 Å². The molecule has 0 aliphatic rings. The van der Waals surface area contributed by atoms with Crippen molar-refractivity contribution in [3.05, 3.63) is 23.1 Å². The van der Waals surface area contributed by atoms with E-state index in [0.717, 1.165) is 0 Å². The SMILES string of the molecule is COCc1c(C(=O)O)nnn1Cc1nc(C(C)(C)C)no1. The maximum atomic E-state index is 11.1. The summed E-state index contributed by atoms with van der Waals surface area (Å²) in [5.74, 6) is -0.252. The van der Waals surface area contributed by atoms with Crippen LogP contribution in [-0.2, 0) is 23.3 Å². The summed E-state index contributed by atoms with van der Waals surface area (Å²) in [5, 5.41) is 20.4. The lowest BCUT2D eigenvalue weighted by molar-refractivity contribution is 0.0684. The molecule has 0 saturated heterocycles. The van der Waals surface area contributed by atoms with Crippen molar-refractivity contribution in [2.45, 2.75) is 39.3 Å². The van der Waals surface area contributed by atoms with Crippen molar-refractivity contribution >= 4 is 5.97 Å². The molecular formula is C12H17N5O4. The first kappa shape index (κ1) is 15.1. The second-order valence-corrected chi connectivity index (χ2v) is 5.54. The summed E-state index contributed by atoms with van der Waals surface area (Å²) in [7, 11) is 1.47. The zero-order valence-corrected chi connectivity index (χ0v) is 12.3. The summed E-state index contributed by atoms with van der Waals surface area (Å²) in [6, 6.07) is 0. The van der Waals surface area contributed by atoms with Crippen LogP contribution in [0.5, 0.6) is 0 Å². The smallest absolute Gasteiger partial charge is 0.358 e. The van der Waals surface area contributed by atoms with Crippen LogP contribution in [0.2, 0.25) is 0 Å². The Morgan fingerprint density at radius 2 is 2.14 bits per heavy atom. The predicted molar refractivity (Wildman–Crippen MR) is 69.8 cm³/mol. The second kappa shape index (κ2) is 5.60. The lowest BCUT2D eigenvalue weighted by atomic mass is 9.96. The van der Waals surface area contributed by atoms with Crippen molar-refractivity contribution in [1.29, 1.82) is 0 Å². The zero-order valence-electron chi connectivity index (χ0n) is 12.3. The van der Waals surface area contributed by atoms with E-state index in [2.05, 4.69) is 20.5 Å². The van der Waals surface area contributed by atoms with Crippen LogP contribution < -0.4 is 0 Å². The molecular weight excluding hydrogens is 278 g/mol. The maximum absolute atomic E-state index is 11.1. The Kier molecular flexibility index (Phi) is 4.03. The van der Waals surface area contributed by atoms with Gasteiger partial charge in [0.15, 0.2) is 11.5 Å². The first-order valence-corrected chi connectivity index (χ1v) is 6.30. The molecule has 0 radical (unpaired) electrons. The van der Waals surface area contributed by atoms with Gasteiger partial charge in [-0.25, -0.2) is 9.48 Å². The van der Waals surface area contributed by atoms with Crippen molar-refractivity contribution in [1.82, 2.24) is 25.1 Å². The highest BCUT2D eigenvalue weighted by Crippen LogP contribution is 2.19. The van der Waals surface area contributed by atoms with Crippen molar-refractivity contribution in [3.63, 3.8) is 0 Å². The zero-order chi connectivity index (χ0) is 15.6. The third-order valence-corrected chi connectivity index (χ3v) is 2.75. The summed E-state index contributed by atoms with van der Waals surface area (Å²) in [6.07, 6.45) is 0. The van der Waals surface area contributed by atoms with Crippen molar-refractivity contribution in [3.8, 4) is 0 Å². The first-order chi connectivity index (χ1) is 9.82. The van der Waals surface area contributed by atoms with Crippen molar-refractivity contribution < 1.29 is 19.2 Å². The van der Waals surface area contributed by atoms with E-state index in [9.17, 15) is 4.79 Å². The summed E-state index contributed by atoms with van der Waals surface area (Å²) in [5.41, 5.74) is -0.0287. The Morgan fingerprint density at radius 1 is 1.43 bits per heavy atom. The molecule has 21 heavy (non-hydrogen) atoms. The molecule has 0 aliphatic heterocycles. The van der Waals surface area contributed by atoms with E-state index >= 15 is 0 Å². The number of carboxylic acid groups (broad SMARTS) is 1. The molecule has 2 heterocycles. The Bertz CT molecular complexity index is 640. The number of methoxy groups -OCH3 is 1. The predicted octanol–water partition coefficient (Wildman–Crippen LogP) is 0.851. The summed E-state index contributed by atoms with van der Waals surface area (Å²) in [6.45, 7) is 6.12. The van der Waals surface area contributed by atoms with Gasteiger partial charge in [-0.05, 0) is 0 Å². The quantitative estimate of drug-likeness (QED) is 0.863. The van der Waals surface area contributed by atoms with Gasteiger partial charge in [0.2, 0.25) is 5.89 Å². The third kappa shape index (κ3) is 3.24. The van der Waals surface area contributed by atoms with Gasteiger partial charge in [-0.15, -0.1) is 5.10 Å². The Hall–Kier alpha value is -2.29. The number of nitrogens with zero attached hydrogens (tertiary/aromatic N) is 5. The fourth-order valence-corrected chi connectivity index (χ4v) is 1.66. The Labute approximate surface area is 120 Å². The normalized spacial score (nSPS) is 11.8. The Balaban J connectivity index is 2.27. The molecule has 0 atom stereocenters. The van der Waals surface area contributed by atoms with Crippen molar-refractivity contribution in [2.75, 3.05) is 7.11 Å². The van der Waals surface area contributed by atoms with E-state index in [4.69, 9.17) is 14.4 Å². The van der Waals surface area contributed by atoms with E-state index < -0.39 is 5.97 Å². The largest absolute Gasteiger partial charge is 0.476 e. The van der Waals surface area contributed by atoms with Gasteiger partial charge in [0.25, 0.3) is 0 Å². The molecule has 2 rings (SSSR count). The highest BCUT2D eigenvalue weighted by Gasteiger charge is 2.23. The first-order valence-electron chi connectivity index (χ1n) is 6.30. The number of carbonyl (C=O) groups is 1. The van der Waals surface area contributed by atoms with Crippen LogP contribution in [-0.4, -0.2) is 43.3 Å². The summed E-state index contributed by atoms with van der Waals surface area (Å²) in [4.78, 5) is 15.4. The molecule has 0 aromatic carbocycles. The lowest BCUT2D eigenvalue weighted by Gasteiger charge is -2.10. The van der Waals surface area contributed by atoms with Gasteiger partial charge in [0.1, 0.15) is 6.54 Å². The van der Waals surface area contributed by atoms with E-state index in [1.54, 1.807) is 0 Å². The maximum Gasteiger partial charge on any atom is 0.358 e. The van der Waals surface area contributed by atoms with Crippen LogP contribution >= 0.6 is 0 Å². The average molecular weight is 295 g/mol. The highest BCUT2D eigenvalue weighted by atomic mass is 16.5. The number of ether oxygens (including phenoxy) is 1. The van der Waals surface area contributed by atoms with Gasteiger partial charge < -0.3 is 14.4 Å². The topological polar surface area (TPSA) is 116 Å². The van der Waals surface area contributed by atoms with E-state index in [1.807, 2.05) is 20.8 Å². The van der Waals surface area contributed by atoms with Crippen LogP contribution in [0.3, 0.4) is 0 Å². The number of hydrogen-bond donors (Lipinski definition) is 1. The lowest BCUT2D eigenvalue weighted by Crippen LogP contribution is -2.14. The number of aromatic carboxylic acids is 1. The third-order valence-electron chi connectivity index (χ3n) is 2.75. The molecule has 0 bridgehead atoms. The van der Waals surface area contributed by atoms with Crippen LogP contribution in [0, 0.1) is 0 Å². The van der Waals surface area contributed by atoms with Gasteiger partial charge in [-0.1, -0.05) is 31.1 Å². The second-order valence-electron chi connectivity index (χ2n) is 5.54. The molecule has 9 nitrogen and oxygen atoms in total. The number of carboxylic acids is 1. The molecule has 0 spiro atoms. The van der Waals surface area contributed by atoms with Crippen LogP contribution in [0.4, 0.5) is 0 Å². The molecule has 0 aliphatic carbocycles. The van der Waals surface area contributed by atoms with Gasteiger partial charge in [0.05, 0.1) is 12.3 Å². The van der Waals surface area contributed by atoms with Gasteiger partial charge >= 0.3 is 5.97 Å². The molecule has 0 fully saturated rings. The summed E-state index contributed by atoms with van der Waals surface area (Å²) >= 11 is 0. The molecule has 2 aromatic rings. The molecule has 2 aromatic heterocycles. The molecule has 114 valence electrons.